The fraction of sp³-hybridized carbons (Fsp3) is 0.190. The number of ether oxygens (including phenoxy) is 3. The quantitative estimate of drug-likeness (QED) is 0.702. The van der Waals surface area contributed by atoms with Gasteiger partial charge in [0, 0.05) is 10.7 Å². The third-order valence-electron chi connectivity index (χ3n) is 4.41. The van der Waals surface area contributed by atoms with E-state index in [0.29, 0.717) is 0 Å². The lowest BCUT2D eigenvalue weighted by atomic mass is 10.1. The van der Waals surface area contributed by atoms with Gasteiger partial charge in [-0.3, -0.25) is 4.79 Å². The lowest BCUT2D eigenvalue weighted by Gasteiger charge is -2.32. The van der Waals surface area contributed by atoms with Crippen LogP contribution in [0.3, 0.4) is 0 Å². The maximum absolute atomic E-state index is 13.5. The van der Waals surface area contributed by atoms with Gasteiger partial charge in [0.1, 0.15) is 18.2 Å². The summed E-state index contributed by atoms with van der Waals surface area (Å²) in [6.07, 6.45) is 0. The molecule has 1 aliphatic heterocycles. The van der Waals surface area contributed by atoms with Gasteiger partial charge < -0.3 is 24.4 Å². The molecule has 162 valence electrons. The lowest BCUT2D eigenvalue weighted by molar-refractivity contribution is -0.140. The van der Waals surface area contributed by atoms with E-state index in [0.717, 1.165) is 13.2 Å². The van der Waals surface area contributed by atoms with Crippen molar-refractivity contribution in [2.75, 3.05) is 37.8 Å². The van der Waals surface area contributed by atoms with E-state index in [-0.39, 0.29) is 46.6 Å². The Morgan fingerprint density at radius 1 is 1.10 bits per heavy atom. The number of carbonyl (C=O) groups is 3. The summed E-state index contributed by atoms with van der Waals surface area (Å²) in [5, 5.41) is 2.83. The molecule has 0 aliphatic carbocycles. The number of amides is 1. The number of hydrogen-bond acceptors (Lipinski definition) is 7. The molecular weight excluding hydrogens is 431 g/mol. The van der Waals surface area contributed by atoms with Gasteiger partial charge in [-0.25, -0.2) is 14.0 Å². The summed E-state index contributed by atoms with van der Waals surface area (Å²) in [4.78, 5) is 39.0. The van der Waals surface area contributed by atoms with Gasteiger partial charge in [-0.05, 0) is 36.4 Å². The highest BCUT2D eigenvalue weighted by Crippen LogP contribution is 2.32. The van der Waals surface area contributed by atoms with Crippen LogP contribution in [0.25, 0.3) is 0 Å². The number of hydrogen-bond donors (Lipinski definition) is 1. The highest BCUT2D eigenvalue weighted by atomic mass is 35.5. The first-order chi connectivity index (χ1) is 14.8. The number of methoxy groups -OCH3 is 2. The molecule has 0 saturated heterocycles. The Bertz CT molecular complexity index is 1070. The highest BCUT2D eigenvalue weighted by Gasteiger charge is 2.34. The number of esters is 2. The van der Waals surface area contributed by atoms with Crippen LogP contribution in [0.5, 0.6) is 0 Å². The number of anilines is 2. The lowest BCUT2D eigenvalue weighted by Crippen LogP contribution is -2.39. The molecule has 2 aromatic carbocycles. The van der Waals surface area contributed by atoms with Crippen molar-refractivity contribution >= 4 is 40.8 Å². The van der Waals surface area contributed by atoms with Gasteiger partial charge in [0.15, 0.2) is 0 Å². The van der Waals surface area contributed by atoms with E-state index < -0.39 is 23.7 Å². The molecule has 0 radical (unpaired) electrons. The number of halogens is 2. The van der Waals surface area contributed by atoms with Crippen LogP contribution in [0.15, 0.2) is 53.7 Å². The molecular formula is C21H18ClFN2O6. The molecule has 0 atom stereocenters. The third-order valence-corrected chi connectivity index (χ3v) is 4.64. The minimum atomic E-state index is -0.810. The Labute approximate surface area is 182 Å². The molecule has 0 aromatic heterocycles. The van der Waals surface area contributed by atoms with E-state index in [1.54, 1.807) is 0 Å². The SMILES string of the molecule is COC(=O)C1=C(C(=O)OC)N(c2ccc(Cl)cc2C(=O)Nc2cccc(F)c2)COC1. The second-order valence-corrected chi connectivity index (χ2v) is 6.78. The first-order valence-corrected chi connectivity index (χ1v) is 9.35. The van der Waals surface area contributed by atoms with E-state index >= 15 is 0 Å². The summed E-state index contributed by atoms with van der Waals surface area (Å²) in [6, 6.07) is 9.75. The minimum Gasteiger partial charge on any atom is -0.466 e. The molecule has 0 spiro atoms. The molecule has 1 amide bonds. The van der Waals surface area contributed by atoms with Crippen molar-refractivity contribution in [1.29, 1.82) is 0 Å². The summed E-state index contributed by atoms with van der Waals surface area (Å²) in [5.74, 6) is -2.72. The Balaban J connectivity index is 2.08. The molecule has 0 saturated carbocycles. The summed E-state index contributed by atoms with van der Waals surface area (Å²) in [7, 11) is 2.33. The number of rotatable bonds is 5. The molecule has 1 heterocycles. The van der Waals surface area contributed by atoms with Crippen molar-refractivity contribution in [3.05, 3.63) is 70.1 Å². The van der Waals surface area contributed by atoms with E-state index in [4.69, 9.17) is 25.8 Å². The molecule has 1 aliphatic rings. The molecule has 8 nitrogen and oxygen atoms in total. The van der Waals surface area contributed by atoms with E-state index in [1.807, 2.05) is 0 Å². The van der Waals surface area contributed by atoms with Gasteiger partial charge in [-0.15, -0.1) is 0 Å². The van der Waals surface area contributed by atoms with Crippen molar-refractivity contribution in [1.82, 2.24) is 0 Å². The molecule has 10 heteroatoms. The van der Waals surface area contributed by atoms with Crippen LogP contribution in [0.1, 0.15) is 10.4 Å². The topological polar surface area (TPSA) is 94.2 Å². The zero-order valence-corrected chi connectivity index (χ0v) is 17.4. The van der Waals surface area contributed by atoms with Crippen LogP contribution in [0.2, 0.25) is 5.02 Å². The number of carbonyl (C=O) groups excluding carboxylic acids is 3. The largest absolute Gasteiger partial charge is 0.466 e. The summed E-state index contributed by atoms with van der Waals surface area (Å²) < 4.78 is 28.5. The molecule has 0 fully saturated rings. The van der Waals surface area contributed by atoms with Crippen LogP contribution in [0.4, 0.5) is 15.8 Å². The second kappa shape index (κ2) is 9.59. The third kappa shape index (κ3) is 4.84. The first kappa shape index (κ1) is 22.3. The second-order valence-electron chi connectivity index (χ2n) is 6.34. The van der Waals surface area contributed by atoms with Crippen molar-refractivity contribution in [2.45, 2.75) is 0 Å². The monoisotopic (exact) mass is 448 g/mol. The van der Waals surface area contributed by atoms with Crippen molar-refractivity contribution < 1.29 is 33.0 Å². The Morgan fingerprint density at radius 3 is 2.52 bits per heavy atom. The smallest absolute Gasteiger partial charge is 0.355 e. The number of nitrogens with one attached hydrogen (secondary N) is 1. The normalized spacial score (nSPS) is 13.6. The minimum absolute atomic E-state index is 0.0629. The first-order valence-electron chi connectivity index (χ1n) is 8.97. The average Bonchev–Trinajstić information content (AvgIpc) is 2.77. The molecule has 1 N–H and O–H groups in total. The van der Waals surface area contributed by atoms with E-state index in [9.17, 15) is 18.8 Å². The van der Waals surface area contributed by atoms with Crippen LogP contribution in [-0.2, 0) is 23.8 Å². The van der Waals surface area contributed by atoms with Gasteiger partial charge in [-0.2, -0.15) is 0 Å². The molecule has 2 aromatic rings. The van der Waals surface area contributed by atoms with Crippen LogP contribution in [0, 0.1) is 5.82 Å². The molecule has 31 heavy (non-hydrogen) atoms. The average molecular weight is 449 g/mol. The van der Waals surface area contributed by atoms with E-state index in [2.05, 4.69) is 5.32 Å². The maximum atomic E-state index is 13.5. The van der Waals surface area contributed by atoms with Gasteiger partial charge in [-0.1, -0.05) is 17.7 Å². The fourth-order valence-corrected chi connectivity index (χ4v) is 3.20. The predicted molar refractivity (Wildman–Crippen MR) is 110 cm³/mol. The van der Waals surface area contributed by atoms with E-state index in [1.165, 1.54) is 48.4 Å². The zero-order valence-electron chi connectivity index (χ0n) is 16.6. The van der Waals surface area contributed by atoms with Crippen LogP contribution >= 0.6 is 11.6 Å². The molecule has 3 rings (SSSR count). The van der Waals surface area contributed by atoms with Gasteiger partial charge in [0.2, 0.25) is 0 Å². The highest BCUT2D eigenvalue weighted by molar-refractivity contribution is 6.31. The summed E-state index contributed by atoms with van der Waals surface area (Å²) in [6.45, 7) is -0.321. The van der Waals surface area contributed by atoms with Crippen molar-refractivity contribution in [2.24, 2.45) is 0 Å². The Kier molecular flexibility index (Phi) is 6.88. The summed E-state index contributed by atoms with van der Waals surface area (Å²) in [5.41, 5.74) is 0.326. The van der Waals surface area contributed by atoms with Gasteiger partial charge in [0.25, 0.3) is 5.91 Å². The van der Waals surface area contributed by atoms with Gasteiger partial charge in [0.05, 0.1) is 37.7 Å². The number of benzene rings is 2. The Hall–Kier alpha value is -3.43. The van der Waals surface area contributed by atoms with Gasteiger partial charge >= 0.3 is 11.9 Å². The fourth-order valence-electron chi connectivity index (χ4n) is 3.02. The maximum Gasteiger partial charge on any atom is 0.355 e. The summed E-state index contributed by atoms with van der Waals surface area (Å²) >= 11 is 6.09. The van der Waals surface area contributed by atoms with Crippen LogP contribution in [-0.4, -0.2) is 45.4 Å². The van der Waals surface area contributed by atoms with Crippen molar-refractivity contribution in [3.8, 4) is 0 Å². The van der Waals surface area contributed by atoms with Crippen LogP contribution < -0.4 is 10.2 Å². The molecule has 0 unspecified atom stereocenters. The number of nitrogens with zero attached hydrogens (tertiary/aromatic N) is 1. The molecule has 0 bridgehead atoms. The van der Waals surface area contributed by atoms with Crippen molar-refractivity contribution in [3.63, 3.8) is 0 Å². The zero-order chi connectivity index (χ0) is 22.5. The standard InChI is InChI=1S/C21H18ClFN2O6/c1-29-20(27)16-10-31-11-25(18(16)21(28)30-2)17-7-6-12(22)8-15(17)19(26)24-14-5-3-4-13(23)9-14/h3-9H,10-11H2,1-2H3,(H,24,26). The predicted octanol–water partition coefficient (Wildman–Crippen LogP) is 3.13. The Morgan fingerprint density at radius 2 is 1.84 bits per heavy atom.